The number of hydrogen-bond donors (Lipinski definition) is 0. The second-order valence-electron chi connectivity index (χ2n) is 8.20. The number of ether oxygens (including phenoxy) is 2. The molecule has 0 saturated heterocycles. The molecule has 0 heterocycles. The number of esters is 1. The highest BCUT2D eigenvalue weighted by Gasteiger charge is 2.10. The van der Waals surface area contributed by atoms with Crippen LogP contribution < -0.4 is 4.74 Å². The van der Waals surface area contributed by atoms with Crippen LogP contribution in [0.1, 0.15) is 74.0 Å². The van der Waals surface area contributed by atoms with Crippen molar-refractivity contribution >= 4 is 5.97 Å². The summed E-state index contributed by atoms with van der Waals surface area (Å²) in [5.41, 5.74) is 5.15. The van der Waals surface area contributed by atoms with Gasteiger partial charge in [0.2, 0.25) is 0 Å². The van der Waals surface area contributed by atoms with Gasteiger partial charge in [-0.25, -0.2) is 4.79 Å². The molecule has 0 spiro atoms. The van der Waals surface area contributed by atoms with Gasteiger partial charge < -0.3 is 9.47 Å². The zero-order valence-electron chi connectivity index (χ0n) is 19.5. The summed E-state index contributed by atoms with van der Waals surface area (Å²) >= 11 is 0. The molecule has 0 bridgehead atoms. The molecule has 1 unspecified atom stereocenters. The molecule has 3 heteroatoms. The monoisotopic (exact) mass is 430 g/mol. The lowest BCUT2D eigenvalue weighted by atomic mass is 10.0. The third kappa shape index (κ3) is 6.80. The van der Waals surface area contributed by atoms with Crippen LogP contribution in [0, 0.1) is 0 Å². The van der Waals surface area contributed by atoms with Crippen molar-refractivity contribution in [1.82, 2.24) is 0 Å². The van der Waals surface area contributed by atoms with Crippen molar-refractivity contribution < 1.29 is 14.3 Å². The largest absolute Gasteiger partial charge is 0.423 e. The predicted octanol–water partition coefficient (Wildman–Crippen LogP) is 7.79. The molecule has 0 fully saturated rings. The maximum absolute atomic E-state index is 12.5. The van der Waals surface area contributed by atoms with Crippen LogP contribution in [0.3, 0.4) is 0 Å². The van der Waals surface area contributed by atoms with Gasteiger partial charge in [-0.1, -0.05) is 75.2 Å². The summed E-state index contributed by atoms with van der Waals surface area (Å²) in [6.45, 7) is 7.23. The van der Waals surface area contributed by atoms with Crippen molar-refractivity contribution in [3.05, 3.63) is 89.5 Å². The van der Waals surface area contributed by atoms with Gasteiger partial charge in [-0.3, -0.25) is 0 Å². The van der Waals surface area contributed by atoms with Gasteiger partial charge in [-0.15, -0.1) is 0 Å². The van der Waals surface area contributed by atoms with E-state index in [0.717, 1.165) is 37.0 Å². The molecule has 0 saturated carbocycles. The Bertz CT molecular complexity index is 957. The average molecular weight is 431 g/mol. The number of benzene rings is 3. The Kier molecular flexibility index (Phi) is 9.06. The van der Waals surface area contributed by atoms with Gasteiger partial charge in [0.05, 0.1) is 11.7 Å². The van der Waals surface area contributed by atoms with E-state index in [4.69, 9.17) is 9.47 Å². The third-order valence-corrected chi connectivity index (χ3v) is 5.65. The molecule has 1 atom stereocenters. The first-order valence-electron chi connectivity index (χ1n) is 11.7. The van der Waals surface area contributed by atoms with E-state index < -0.39 is 0 Å². The highest BCUT2D eigenvalue weighted by Crippen LogP contribution is 2.24. The molecule has 168 valence electrons. The topological polar surface area (TPSA) is 35.5 Å². The summed E-state index contributed by atoms with van der Waals surface area (Å²) in [7, 11) is 0. The van der Waals surface area contributed by atoms with Crippen molar-refractivity contribution in [2.24, 2.45) is 0 Å². The number of carbonyl (C=O) groups excluding carboxylic acids is 1. The lowest BCUT2D eigenvalue weighted by Gasteiger charge is -2.14. The Hall–Kier alpha value is -2.91. The standard InChI is InChI=1S/C29H34O3/c1-4-6-8-23-9-19-28(20-10-23)32-29(30)27-17-15-26(16-18-27)25-13-11-24(12-14-25)22(3)31-21-7-5-2/h9-20,22H,4-8,21H2,1-3H3. The highest BCUT2D eigenvalue weighted by molar-refractivity contribution is 5.91. The first-order valence-corrected chi connectivity index (χ1v) is 11.7. The van der Waals surface area contributed by atoms with Gasteiger partial charge in [0.15, 0.2) is 0 Å². The number of aryl methyl sites for hydroxylation is 1. The maximum atomic E-state index is 12.5. The van der Waals surface area contributed by atoms with Gasteiger partial charge in [0.25, 0.3) is 0 Å². The molecular weight excluding hydrogens is 396 g/mol. The molecule has 0 aromatic heterocycles. The zero-order valence-corrected chi connectivity index (χ0v) is 19.5. The summed E-state index contributed by atoms with van der Waals surface area (Å²) in [4.78, 5) is 12.5. The van der Waals surface area contributed by atoms with Gasteiger partial charge in [-0.05, 0) is 72.7 Å². The normalized spacial score (nSPS) is 11.8. The van der Waals surface area contributed by atoms with Gasteiger partial charge in [0.1, 0.15) is 5.75 Å². The SMILES string of the molecule is CCCCOC(C)c1ccc(-c2ccc(C(=O)Oc3ccc(CCCC)cc3)cc2)cc1. The van der Waals surface area contributed by atoms with Crippen LogP contribution >= 0.6 is 0 Å². The van der Waals surface area contributed by atoms with E-state index in [0.29, 0.717) is 11.3 Å². The summed E-state index contributed by atoms with van der Waals surface area (Å²) in [6.07, 6.45) is 5.71. The number of hydrogen-bond acceptors (Lipinski definition) is 3. The quantitative estimate of drug-likeness (QED) is 0.177. The maximum Gasteiger partial charge on any atom is 0.343 e. The van der Waals surface area contributed by atoms with Crippen LogP contribution in [0.25, 0.3) is 11.1 Å². The Morgan fingerprint density at radius 3 is 1.97 bits per heavy atom. The molecule has 3 aromatic rings. The molecule has 3 rings (SSSR count). The Labute approximate surface area is 192 Å². The van der Waals surface area contributed by atoms with Crippen molar-refractivity contribution in [2.45, 2.75) is 59.0 Å². The van der Waals surface area contributed by atoms with Crippen molar-refractivity contribution in [2.75, 3.05) is 6.61 Å². The van der Waals surface area contributed by atoms with Gasteiger partial charge >= 0.3 is 5.97 Å². The van der Waals surface area contributed by atoms with Crippen molar-refractivity contribution in [3.63, 3.8) is 0 Å². The molecule has 0 aliphatic carbocycles. The first-order chi connectivity index (χ1) is 15.6. The molecule has 0 N–H and O–H groups in total. The molecule has 3 aromatic carbocycles. The number of rotatable bonds is 11. The second kappa shape index (κ2) is 12.2. The first kappa shape index (κ1) is 23.7. The van der Waals surface area contributed by atoms with Crippen LogP contribution in [-0.4, -0.2) is 12.6 Å². The van der Waals surface area contributed by atoms with Crippen molar-refractivity contribution in [1.29, 1.82) is 0 Å². The lowest BCUT2D eigenvalue weighted by molar-refractivity contribution is 0.0637. The molecular formula is C29H34O3. The Balaban J connectivity index is 1.58. The minimum atomic E-state index is -0.341. The summed E-state index contributed by atoms with van der Waals surface area (Å²) < 4.78 is 11.4. The van der Waals surface area contributed by atoms with E-state index in [1.165, 1.54) is 24.0 Å². The average Bonchev–Trinajstić information content (AvgIpc) is 2.84. The minimum Gasteiger partial charge on any atom is -0.423 e. The minimum absolute atomic E-state index is 0.0912. The van der Waals surface area contributed by atoms with E-state index in [9.17, 15) is 4.79 Å². The van der Waals surface area contributed by atoms with E-state index in [1.54, 1.807) is 0 Å². The fourth-order valence-corrected chi connectivity index (χ4v) is 3.52. The molecule has 0 amide bonds. The molecule has 32 heavy (non-hydrogen) atoms. The molecule has 0 radical (unpaired) electrons. The molecule has 0 aliphatic rings. The van der Waals surface area contributed by atoms with Crippen LogP contribution in [-0.2, 0) is 11.2 Å². The van der Waals surface area contributed by atoms with Crippen molar-refractivity contribution in [3.8, 4) is 16.9 Å². The lowest BCUT2D eigenvalue weighted by Crippen LogP contribution is -2.08. The molecule has 3 nitrogen and oxygen atoms in total. The van der Waals surface area contributed by atoms with E-state index in [-0.39, 0.29) is 12.1 Å². The fraction of sp³-hybridized carbons (Fsp3) is 0.345. The van der Waals surface area contributed by atoms with E-state index in [2.05, 4.69) is 45.0 Å². The smallest absolute Gasteiger partial charge is 0.343 e. The predicted molar refractivity (Wildman–Crippen MR) is 131 cm³/mol. The summed E-state index contributed by atoms with van der Waals surface area (Å²) in [5.74, 6) is 0.233. The zero-order chi connectivity index (χ0) is 22.8. The van der Waals surface area contributed by atoms with Crippen LogP contribution in [0.4, 0.5) is 0 Å². The number of carbonyl (C=O) groups is 1. The Morgan fingerprint density at radius 2 is 1.38 bits per heavy atom. The Morgan fingerprint density at radius 1 is 0.781 bits per heavy atom. The highest BCUT2D eigenvalue weighted by atomic mass is 16.5. The van der Waals surface area contributed by atoms with Gasteiger partial charge in [0, 0.05) is 6.61 Å². The summed E-state index contributed by atoms with van der Waals surface area (Å²) in [6, 6.07) is 23.8. The third-order valence-electron chi connectivity index (χ3n) is 5.65. The van der Waals surface area contributed by atoms with Crippen LogP contribution in [0.5, 0.6) is 5.75 Å². The van der Waals surface area contributed by atoms with Crippen LogP contribution in [0.2, 0.25) is 0 Å². The molecule has 0 aliphatic heterocycles. The van der Waals surface area contributed by atoms with E-state index >= 15 is 0 Å². The van der Waals surface area contributed by atoms with Crippen LogP contribution in [0.15, 0.2) is 72.8 Å². The fourth-order valence-electron chi connectivity index (χ4n) is 3.52. The van der Waals surface area contributed by atoms with Gasteiger partial charge in [-0.2, -0.15) is 0 Å². The number of unbranched alkanes of at least 4 members (excludes halogenated alkanes) is 2. The summed E-state index contributed by atoms with van der Waals surface area (Å²) in [5, 5.41) is 0. The second-order valence-corrected chi connectivity index (χ2v) is 8.20. The van der Waals surface area contributed by atoms with E-state index in [1.807, 2.05) is 48.5 Å².